The van der Waals surface area contributed by atoms with Crippen LogP contribution in [0.2, 0.25) is 0 Å². The second-order valence-corrected chi connectivity index (χ2v) is 6.34. The molecule has 7 heteroatoms. The molecule has 1 aliphatic heterocycles. The summed E-state index contributed by atoms with van der Waals surface area (Å²) in [5.74, 6) is -1.28. The molecule has 1 amide bonds. The molecule has 0 aliphatic carbocycles. The van der Waals surface area contributed by atoms with Crippen LogP contribution >= 0.6 is 0 Å². The van der Waals surface area contributed by atoms with E-state index >= 15 is 0 Å². The molecule has 3 rings (SSSR count). The molecule has 1 fully saturated rings. The minimum Gasteiger partial charge on any atom is -0.481 e. The van der Waals surface area contributed by atoms with E-state index in [4.69, 9.17) is 0 Å². The SMILES string of the molecule is CC1CC(C(=O)O)CN(C(=O)Cn2cc(-c3ccccc3)nn2)C1. The third-order valence-corrected chi connectivity index (χ3v) is 4.27. The van der Waals surface area contributed by atoms with Gasteiger partial charge in [-0.2, -0.15) is 0 Å². The van der Waals surface area contributed by atoms with Crippen LogP contribution in [0.15, 0.2) is 36.5 Å². The summed E-state index contributed by atoms with van der Waals surface area (Å²) in [5.41, 5.74) is 1.65. The van der Waals surface area contributed by atoms with Crippen LogP contribution in [0.25, 0.3) is 11.3 Å². The van der Waals surface area contributed by atoms with Gasteiger partial charge in [0, 0.05) is 18.7 Å². The van der Waals surface area contributed by atoms with Gasteiger partial charge in [-0.15, -0.1) is 5.10 Å². The zero-order valence-corrected chi connectivity index (χ0v) is 13.5. The molecule has 1 saturated heterocycles. The Kier molecular flexibility index (Phi) is 4.59. The van der Waals surface area contributed by atoms with Crippen molar-refractivity contribution in [3.8, 4) is 11.3 Å². The number of aliphatic carboxylic acids is 1. The Morgan fingerprint density at radius 1 is 1.25 bits per heavy atom. The standard InChI is InChI=1S/C17H20N4O3/c1-12-7-14(17(23)24)9-20(8-12)16(22)11-21-10-15(18-19-21)13-5-3-2-4-6-13/h2-6,10,12,14H,7-9,11H2,1H3,(H,23,24). The highest BCUT2D eigenvalue weighted by atomic mass is 16.4. The molecule has 1 aromatic heterocycles. The Morgan fingerprint density at radius 2 is 2.00 bits per heavy atom. The lowest BCUT2D eigenvalue weighted by Crippen LogP contribution is -2.46. The highest BCUT2D eigenvalue weighted by molar-refractivity contribution is 5.78. The minimum absolute atomic E-state index is 0.0683. The maximum atomic E-state index is 12.5. The number of piperidine rings is 1. The number of carbonyl (C=O) groups excluding carboxylic acids is 1. The summed E-state index contributed by atoms with van der Waals surface area (Å²) in [5, 5.41) is 17.3. The number of likely N-dealkylation sites (tertiary alicyclic amines) is 1. The quantitative estimate of drug-likeness (QED) is 0.919. The van der Waals surface area contributed by atoms with Gasteiger partial charge in [0.1, 0.15) is 12.2 Å². The molecule has 1 N–H and O–H groups in total. The summed E-state index contributed by atoms with van der Waals surface area (Å²) >= 11 is 0. The summed E-state index contributed by atoms with van der Waals surface area (Å²) in [6.45, 7) is 2.89. The van der Waals surface area contributed by atoms with E-state index in [9.17, 15) is 14.7 Å². The Balaban J connectivity index is 1.67. The van der Waals surface area contributed by atoms with E-state index in [1.54, 1.807) is 11.1 Å². The number of nitrogens with zero attached hydrogens (tertiary/aromatic N) is 4. The summed E-state index contributed by atoms with van der Waals surface area (Å²) in [6.07, 6.45) is 2.34. The van der Waals surface area contributed by atoms with Crippen LogP contribution in [-0.2, 0) is 16.1 Å². The number of carboxylic acids is 1. The molecule has 0 bridgehead atoms. The molecular formula is C17H20N4O3. The summed E-state index contributed by atoms with van der Waals surface area (Å²) in [6, 6.07) is 9.62. The van der Waals surface area contributed by atoms with Crippen molar-refractivity contribution in [2.24, 2.45) is 11.8 Å². The topological polar surface area (TPSA) is 88.3 Å². The van der Waals surface area contributed by atoms with E-state index in [-0.39, 0.29) is 24.9 Å². The number of benzene rings is 1. The number of carboxylic acid groups (broad SMARTS) is 1. The fourth-order valence-electron chi connectivity index (χ4n) is 3.09. The van der Waals surface area contributed by atoms with Gasteiger partial charge in [0.15, 0.2) is 0 Å². The van der Waals surface area contributed by atoms with Gasteiger partial charge in [0.25, 0.3) is 0 Å². The van der Waals surface area contributed by atoms with Gasteiger partial charge in [0.2, 0.25) is 5.91 Å². The lowest BCUT2D eigenvalue weighted by Gasteiger charge is -2.34. The van der Waals surface area contributed by atoms with Crippen molar-refractivity contribution in [2.75, 3.05) is 13.1 Å². The number of carbonyl (C=O) groups is 2. The van der Waals surface area contributed by atoms with Crippen molar-refractivity contribution in [3.63, 3.8) is 0 Å². The van der Waals surface area contributed by atoms with Crippen LogP contribution in [0.3, 0.4) is 0 Å². The van der Waals surface area contributed by atoms with Crippen molar-refractivity contribution in [3.05, 3.63) is 36.5 Å². The van der Waals surface area contributed by atoms with Crippen LogP contribution in [-0.4, -0.2) is 50.0 Å². The van der Waals surface area contributed by atoms with E-state index in [0.29, 0.717) is 18.7 Å². The summed E-state index contributed by atoms with van der Waals surface area (Å²) in [7, 11) is 0. The predicted molar refractivity (Wildman–Crippen MR) is 86.9 cm³/mol. The lowest BCUT2D eigenvalue weighted by atomic mass is 9.90. The highest BCUT2D eigenvalue weighted by Gasteiger charge is 2.31. The Bertz CT molecular complexity index is 728. The van der Waals surface area contributed by atoms with Crippen molar-refractivity contribution < 1.29 is 14.7 Å². The van der Waals surface area contributed by atoms with Crippen LogP contribution < -0.4 is 0 Å². The van der Waals surface area contributed by atoms with E-state index in [1.807, 2.05) is 37.3 Å². The first-order chi connectivity index (χ1) is 11.5. The van der Waals surface area contributed by atoms with Crippen molar-refractivity contribution in [2.45, 2.75) is 19.9 Å². The number of hydrogen-bond donors (Lipinski definition) is 1. The molecule has 2 atom stereocenters. The molecule has 24 heavy (non-hydrogen) atoms. The maximum absolute atomic E-state index is 12.5. The van der Waals surface area contributed by atoms with Gasteiger partial charge in [-0.25, -0.2) is 4.68 Å². The summed E-state index contributed by atoms with van der Waals surface area (Å²) < 4.78 is 1.50. The first-order valence-corrected chi connectivity index (χ1v) is 7.99. The van der Waals surface area contributed by atoms with Gasteiger partial charge in [0.05, 0.1) is 12.1 Å². The molecule has 2 aromatic rings. The normalized spacial score (nSPS) is 20.8. The van der Waals surface area contributed by atoms with Crippen molar-refractivity contribution in [1.82, 2.24) is 19.9 Å². The van der Waals surface area contributed by atoms with Crippen LogP contribution in [0.4, 0.5) is 0 Å². The van der Waals surface area contributed by atoms with E-state index in [0.717, 1.165) is 5.56 Å². The fraction of sp³-hybridized carbons (Fsp3) is 0.412. The molecule has 0 radical (unpaired) electrons. The number of hydrogen-bond acceptors (Lipinski definition) is 4. The predicted octanol–water partition coefficient (Wildman–Crippen LogP) is 1.51. The first-order valence-electron chi connectivity index (χ1n) is 7.99. The van der Waals surface area contributed by atoms with Gasteiger partial charge in [-0.1, -0.05) is 42.5 Å². The smallest absolute Gasteiger partial charge is 0.308 e. The van der Waals surface area contributed by atoms with E-state index in [1.165, 1.54) is 4.68 Å². The fourth-order valence-corrected chi connectivity index (χ4v) is 3.09. The first kappa shape index (κ1) is 16.2. The van der Waals surface area contributed by atoms with Crippen LogP contribution in [0.5, 0.6) is 0 Å². The van der Waals surface area contributed by atoms with Gasteiger partial charge >= 0.3 is 5.97 Å². The third kappa shape index (κ3) is 3.61. The Morgan fingerprint density at radius 3 is 2.71 bits per heavy atom. The zero-order valence-electron chi connectivity index (χ0n) is 13.5. The number of aromatic nitrogens is 3. The second kappa shape index (κ2) is 6.82. The third-order valence-electron chi connectivity index (χ3n) is 4.27. The molecule has 7 nitrogen and oxygen atoms in total. The van der Waals surface area contributed by atoms with E-state index in [2.05, 4.69) is 10.3 Å². The molecular weight excluding hydrogens is 308 g/mol. The largest absolute Gasteiger partial charge is 0.481 e. The monoisotopic (exact) mass is 328 g/mol. The lowest BCUT2D eigenvalue weighted by molar-refractivity contribution is -0.147. The maximum Gasteiger partial charge on any atom is 0.308 e. The molecule has 0 spiro atoms. The Labute approximate surface area is 139 Å². The zero-order chi connectivity index (χ0) is 17.1. The molecule has 2 unspecified atom stereocenters. The summed E-state index contributed by atoms with van der Waals surface area (Å²) in [4.78, 5) is 25.3. The average Bonchev–Trinajstić information content (AvgIpc) is 3.03. The number of amides is 1. The molecule has 126 valence electrons. The van der Waals surface area contributed by atoms with E-state index < -0.39 is 11.9 Å². The second-order valence-electron chi connectivity index (χ2n) is 6.34. The Hall–Kier alpha value is -2.70. The molecule has 1 aromatic carbocycles. The van der Waals surface area contributed by atoms with Gasteiger partial charge in [-0.3, -0.25) is 9.59 Å². The van der Waals surface area contributed by atoms with Crippen molar-refractivity contribution >= 4 is 11.9 Å². The van der Waals surface area contributed by atoms with Crippen LogP contribution in [0, 0.1) is 11.8 Å². The number of rotatable bonds is 4. The highest BCUT2D eigenvalue weighted by Crippen LogP contribution is 2.22. The molecule has 0 saturated carbocycles. The molecule has 1 aliphatic rings. The van der Waals surface area contributed by atoms with Gasteiger partial charge < -0.3 is 10.0 Å². The minimum atomic E-state index is -0.841. The van der Waals surface area contributed by atoms with Gasteiger partial charge in [-0.05, 0) is 12.3 Å². The van der Waals surface area contributed by atoms with Crippen LogP contribution in [0.1, 0.15) is 13.3 Å². The van der Waals surface area contributed by atoms with Crippen molar-refractivity contribution in [1.29, 1.82) is 0 Å². The average molecular weight is 328 g/mol. The molecule has 2 heterocycles.